The summed E-state index contributed by atoms with van der Waals surface area (Å²) in [5.41, 5.74) is 5.28. The molecule has 132 valence electrons. The fourth-order valence-corrected chi connectivity index (χ4v) is 3.96. The zero-order valence-electron chi connectivity index (χ0n) is 14.6. The molecule has 0 radical (unpaired) electrons. The summed E-state index contributed by atoms with van der Waals surface area (Å²) in [7, 11) is 0. The van der Waals surface area contributed by atoms with E-state index in [2.05, 4.69) is 40.1 Å². The number of nitrogens with zero attached hydrogens (tertiary/aromatic N) is 2. The third kappa shape index (κ3) is 2.82. The van der Waals surface area contributed by atoms with Crippen molar-refractivity contribution in [1.82, 2.24) is 15.3 Å². The SMILES string of the molecule is Cc1cc(C2C(c3ccccn3)NC(=S)N2c2ccc(O)cc2)c(C)[nH]1. The summed E-state index contributed by atoms with van der Waals surface area (Å²) in [6.45, 7) is 4.13. The van der Waals surface area contributed by atoms with Crippen LogP contribution in [0.5, 0.6) is 5.75 Å². The highest BCUT2D eigenvalue weighted by Crippen LogP contribution is 2.42. The number of aromatic nitrogens is 2. The van der Waals surface area contributed by atoms with Crippen LogP contribution < -0.4 is 10.2 Å². The Bertz CT molecular complexity index is 936. The lowest BCUT2D eigenvalue weighted by atomic mass is 9.96. The van der Waals surface area contributed by atoms with E-state index >= 15 is 0 Å². The molecule has 0 aliphatic carbocycles. The van der Waals surface area contributed by atoms with E-state index < -0.39 is 0 Å². The van der Waals surface area contributed by atoms with Crippen molar-refractivity contribution >= 4 is 23.0 Å². The molecule has 1 saturated heterocycles. The molecule has 1 aliphatic rings. The van der Waals surface area contributed by atoms with Gasteiger partial charge in [-0.25, -0.2) is 0 Å². The average Bonchev–Trinajstić information content (AvgIpc) is 3.15. The molecular formula is C20H20N4OS. The number of aryl methyl sites for hydroxylation is 2. The highest BCUT2D eigenvalue weighted by Gasteiger charge is 2.41. The summed E-state index contributed by atoms with van der Waals surface area (Å²) in [4.78, 5) is 10.0. The fourth-order valence-electron chi connectivity index (χ4n) is 3.61. The molecule has 4 rings (SSSR count). The second kappa shape index (κ2) is 6.46. The second-order valence-corrected chi connectivity index (χ2v) is 6.93. The molecule has 6 heteroatoms. The van der Waals surface area contributed by atoms with Crippen LogP contribution in [-0.2, 0) is 0 Å². The number of anilines is 1. The normalized spacial score (nSPS) is 19.6. The van der Waals surface area contributed by atoms with Crippen LogP contribution in [0.1, 0.15) is 34.7 Å². The van der Waals surface area contributed by atoms with Crippen molar-refractivity contribution in [3.8, 4) is 5.75 Å². The molecule has 0 spiro atoms. The quantitative estimate of drug-likeness (QED) is 0.615. The maximum Gasteiger partial charge on any atom is 0.174 e. The first kappa shape index (κ1) is 16.6. The number of pyridine rings is 1. The number of aromatic hydroxyl groups is 1. The van der Waals surface area contributed by atoms with Crippen molar-refractivity contribution < 1.29 is 5.11 Å². The first-order chi connectivity index (χ1) is 12.5. The van der Waals surface area contributed by atoms with Crippen molar-refractivity contribution in [3.05, 3.63) is 77.4 Å². The number of phenolic OH excluding ortho intramolecular Hbond substituents is 1. The summed E-state index contributed by atoms with van der Waals surface area (Å²) < 4.78 is 0. The first-order valence-electron chi connectivity index (χ1n) is 8.50. The van der Waals surface area contributed by atoms with Crippen LogP contribution in [0.4, 0.5) is 5.69 Å². The third-order valence-corrected chi connectivity index (χ3v) is 5.05. The van der Waals surface area contributed by atoms with E-state index in [0.29, 0.717) is 5.11 Å². The molecule has 2 atom stereocenters. The molecule has 3 heterocycles. The van der Waals surface area contributed by atoms with E-state index in [4.69, 9.17) is 12.2 Å². The van der Waals surface area contributed by atoms with Crippen LogP contribution in [0, 0.1) is 13.8 Å². The minimum atomic E-state index is -0.0635. The van der Waals surface area contributed by atoms with Crippen LogP contribution in [0.25, 0.3) is 0 Å². The van der Waals surface area contributed by atoms with E-state index in [1.54, 1.807) is 18.3 Å². The van der Waals surface area contributed by atoms with Gasteiger partial charge >= 0.3 is 0 Å². The average molecular weight is 364 g/mol. The number of phenols is 1. The van der Waals surface area contributed by atoms with Crippen molar-refractivity contribution in [2.75, 3.05) is 4.90 Å². The van der Waals surface area contributed by atoms with Gasteiger partial charge in [-0.15, -0.1) is 0 Å². The van der Waals surface area contributed by atoms with E-state index in [0.717, 1.165) is 22.8 Å². The number of hydrogen-bond acceptors (Lipinski definition) is 3. The summed E-state index contributed by atoms with van der Waals surface area (Å²) in [6.07, 6.45) is 1.80. The van der Waals surface area contributed by atoms with Crippen LogP contribution in [0.15, 0.2) is 54.7 Å². The van der Waals surface area contributed by atoms with Crippen molar-refractivity contribution in [2.24, 2.45) is 0 Å². The van der Waals surface area contributed by atoms with Gasteiger partial charge in [0.1, 0.15) is 5.75 Å². The molecule has 26 heavy (non-hydrogen) atoms. The number of benzene rings is 1. The number of hydrogen-bond donors (Lipinski definition) is 3. The molecule has 0 amide bonds. The molecule has 0 bridgehead atoms. The molecule has 2 aromatic heterocycles. The zero-order chi connectivity index (χ0) is 18.3. The van der Waals surface area contributed by atoms with Gasteiger partial charge in [0.25, 0.3) is 0 Å². The number of H-pyrrole nitrogens is 1. The predicted molar refractivity (Wildman–Crippen MR) is 106 cm³/mol. The minimum absolute atomic E-state index is 0.0353. The maximum absolute atomic E-state index is 9.64. The summed E-state index contributed by atoms with van der Waals surface area (Å²) in [6, 6.07) is 15.1. The standard InChI is InChI=1S/C20H20N4OS/c1-12-11-16(13(2)22-12)19-18(17-5-3-4-10-21-17)23-20(26)24(19)14-6-8-15(25)9-7-14/h3-11,18-19,22,25H,1-2H3,(H,23,26). The first-order valence-corrected chi connectivity index (χ1v) is 8.91. The van der Waals surface area contributed by atoms with Gasteiger partial charge in [-0.1, -0.05) is 6.07 Å². The monoisotopic (exact) mass is 364 g/mol. The van der Waals surface area contributed by atoms with Gasteiger partial charge in [0.15, 0.2) is 5.11 Å². The van der Waals surface area contributed by atoms with Gasteiger partial charge in [-0.3, -0.25) is 4.98 Å². The van der Waals surface area contributed by atoms with Gasteiger partial charge in [0.05, 0.1) is 17.8 Å². The van der Waals surface area contributed by atoms with E-state index in [1.165, 1.54) is 5.56 Å². The van der Waals surface area contributed by atoms with Crippen LogP contribution >= 0.6 is 12.2 Å². The van der Waals surface area contributed by atoms with Crippen molar-refractivity contribution in [1.29, 1.82) is 0 Å². The predicted octanol–water partition coefficient (Wildman–Crippen LogP) is 3.91. The Morgan fingerprint density at radius 1 is 1.12 bits per heavy atom. The minimum Gasteiger partial charge on any atom is -0.508 e. The lowest BCUT2D eigenvalue weighted by molar-refractivity contribution is 0.475. The Kier molecular flexibility index (Phi) is 4.12. The summed E-state index contributed by atoms with van der Waals surface area (Å²) in [5.74, 6) is 0.235. The Labute approximate surface area is 157 Å². The Balaban J connectivity index is 1.85. The topological polar surface area (TPSA) is 64.2 Å². The highest BCUT2D eigenvalue weighted by molar-refractivity contribution is 7.80. The highest BCUT2D eigenvalue weighted by atomic mass is 32.1. The second-order valence-electron chi connectivity index (χ2n) is 6.55. The largest absolute Gasteiger partial charge is 0.508 e. The third-order valence-electron chi connectivity index (χ3n) is 4.73. The number of rotatable bonds is 3. The van der Waals surface area contributed by atoms with Gasteiger partial charge in [0.2, 0.25) is 0 Å². The molecule has 0 saturated carbocycles. The van der Waals surface area contributed by atoms with Crippen molar-refractivity contribution in [2.45, 2.75) is 25.9 Å². The van der Waals surface area contributed by atoms with Gasteiger partial charge in [0, 0.05) is 23.3 Å². The van der Waals surface area contributed by atoms with Crippen LogP contribution in [0.3, 0.4) is 0 Å². The molecular weight excluding hydrogens is 344 g/mol. The molecule has 3 N–H and O–H groups in total. The Morgan fingerprint density at radius 2 is 1.88 bits per heavy atom. The van der Waals surface area contributed by atoms with Crippen LogP contribution in [-0.4, -0.2) is 20.2 Å². The Hall–Kier alpha value is -2.86. The molecule has 5 nitrogen and oxygen atoms in total. The van der Waals surface area contributed by atoms with E-state index in [1.807, 2.05) is 30.3 Å². The van der Waals surface area contributed by atoms with Gasteiger partial charge in [-0.2, -0.15) is 0 Å². The summed E-state index contributed by atoms with van der Waals surface area (Å²) >= 11 is 5.67. The fraction of sp³-hybridized carbons (Fsp3) is 0.200. The van der Waals surface area contributed by atoms with Gasteiger partial charge < -0.3 is 20.3 Å². The molecule has 2 unspecified atom stereocenters. The van der Waals surface area contributed by atoms with Crippen LogP contribution in [0.2, 0.25) is 0 Å². The van der Waals surface area contributed by atoms with E-state index in [9.17, 15) is 5.11 Å². The van der Waals surface area contributed by atoms with Crippen molar-refractivity contribution in [3.63, 3.8) is 0 Å². The zero-order valence-corrected chi connectivity index (χ0v) is 15.4. The molecule has 1 aromatic carbocycles. The number of nitrogens with one attached hydrogen (secondary N) is 2. The summed E-state index contributed by atoms with van der Waals surface area (Å²) in [5, 5.41) is 13.7. The number of thiocarbonyl (C=S) groups is 1. The van der Waals surface area contributed by atoms with E-state index in [-0.39, 0.29) is 17.8 Å². The smallest absolute Gasteiger partial charge is 0.174 e. The molecule has 1 fully saturated rings. The van der Waals surface area contributed by atoms with Gasteiger partial charge in [-0.05, 0) is 74.1 Å². The lowest BCUT2D eigenvalue weighted by Gasteiger charge is -2.28. The maximum atomic E-state index is 9.64. The lowest BCUT2D eigenvalue weighted by Crippen LogP contribution is -2.29. The molecule has 3 aromatic rings. The number of aromatic amines is 1. The Morgan fingerprint density at radius 3 is 2.50 bits per heavy atom. The molecule has 1 aliphatic heterocycles.